The second-order valence-electron chi connectivity index (χ2n) is 4.81. The number of anilines is 1. The van der Waals surface area contributed by atoms with E-state index in [9.17, 15) is 9.59 Å². The van der Waals surface area contributed by atoms with Crippen LogP contribution in [0.5, 0.6) is 11.5 Å². The second kappa shape index (κ2) is 6.70. The number of rotatable bonds is 4. The first-order valence-corrected chi connectivity index (χ1v) is 7.64. The van der Waals surface area contributed by atoms with Crippen LogP contribution in [-0.2, 0) is 4.79 Å². The van der Waals surface area contributed by atoms with E-state index in [2.05, 4.69) is 26.6 Å². The van der Waals surface area contributed by atoms with Gasteiger partial charge in [0.2, 0.25) is 12.7 Å². The van der Waals surface area contributed by atoms with Crippen molar-refractivity contribution in [1.82, 2.24) is 5.32 Å². The van der Waals surface area contributed by atoms with E-state index >= 15 is 0 Å². The van der Waals surface area contributed by atoms with Crippen molar-refractivity contribution in [2.24, 2.45) is 0 Å². The highest BCUT2D eigenvalue weighted by atomic mass is 79.9. The van der Waals surface area contributed by atoms with Crippen LogP contribution in [0.3, 0.4) is 0 Å². The highest BCUT2D eigenvalue weighted by molar-refractivity contribution is 9.10. The Morgan fingerprint density at radius 3 is 2.57 bits per heavy atom. The van der Waals surface area contributed by atoms with Crippen LogP contribution in [0.1, 0.15) is 10.4 Å². The number of carbonyl (C=O) groups is 2. The van der Waals surface area contributed by atoms with Gasteiger partial charge < -0.3 is 20.1 Å². The minimum absolute atomic E-state index is 0.122. The van der Waals surface area contributed by atoms with E-state index in [4.69, 9.17) is 9.47 Å². The molecule has 3 rings (SSSR count). The fourth-order valence-electron chi connectivity index (χ4n) is 2.04. The van der Waals surface area contributed by atoms with Gasteiger partial charge in [-0.05, 0) is 36.4 Å². The van der Waals surface area contributed by atoms with Crippen LogP contribution in [0.25, 0.3) is 0 Å². The maximum atomic E-state index is 11.9. The molecule has 118 valence electrons. The maximum absolute atomic E-state index is 11.9. The summed E-state index contributed by atoms with van der Waals surface area (Å²) < 4.78 is 11.3. The number of fused-ring (bicyclic) bond motifs is 1. The van der Waals surface area contributed by atoms with Crippen molar-refractivity contribution in [3.05, 3.63) is 52.5 Å². The third kappa shape index (κ3) is 3.81. The zero-order valence-electron chi connectivity index (χ0n) is 12.0. The van der Waals surface area contributed by atoms with Crippen molar-refractivity contribution in [2.45, 2.75) is 0 Å². The molecule has 0 saturated heterocycles. The molecule has 0 aliphatic carbocycles. The lowest BCUT2D eigenvalue weighted by atomic mass is 10.2. The minimum atomic E-state index is -0.325. The van der Waals surface area contributed by atoms with Gasteiger partial charge in [0.1, 0.15) is 0 Å². The molecule has 1 aliphatic rings. The summed E-state index contributed by atoms with van der Waals surface area (Å²) in [4.78, 5) is 23.8. The highest BCUT2D eigenvalue weighted by Gasteiger charge is 2.14. The van der Waals surface area contributed by atoms with Crippen molar-refractivity contribution in [1.29, 1.82) is 0 Å². The molecule has 6 nitrogen and oxygen atoms in total. The summed E-state index contributed by atoms with van der Waals surface area (Å²) in [7, 11) is 0. The number of benzene rings is 2. The molecule has 1 aliphatic heterocycles. The molecule has 0 aromatic heterocycles. The zero-order valence-corrected chi connectivity index (χ0v) is 13.6. The number of hydrogen-bond acceptors (Lipinski definition) is 4. The van der Waals surface area contributed by atoms with Gasteiger partial charge in [0, 0.05) is 21.8 Å². The number of halogens is 1. The Balaban J connectivity index is 1.53. The van der Waals surface area contributed by atoms with Crippen molar-refractivity contribution in [3.63, 3.8) is 0 Å². The molecule has 0 radical (unpaired) electrons. The largest absolute Gasteiger partial charge is 0.454 e. The molecule has 2 amide bonds. The summed E-state index contributed by atoms with van der Waals surface area (Å²) in [6.07, 6.45) is 0. The molecule has 2 aromatic carbocycles. The second-order valence-corrected chi connectivity index (χ2v) is 5.72. The van der Waals surface area contributed by atoms with Crippen molar-refractivity contribution in [3.8, 4) is 11.5 Å². The average Bonchev–Trinajstić information content (AvgIpc) is 3.01. The molecule has 0 unspecified atom stereocenters. The lowest BCUT2D eigenvalue weighted by Gasteiger charge is -2.08. The topological polar surface area (TPSA) is 76.7 Å². The van der Waals surface area contributed by atoms with Crippen LogP contribution in [-0.4, -0.2) is 25.2 Å². The van der Waals surface area contributed by atoms with E-state index in [1.165, 1.54) is 0 Å². The zero-order chi connectivity index (χ0) is 16.2. The molecule has 1 heterocycles. The quantitative estimate of drug-likeness (QED) is 0.859. The molecule has 0 saturated carbocycles. The summed E-state index contributed by atoms with van der Waals surface area (Å²) in [6, 6.07) is 12.0. The Kier molecular flexibility index (Phi) is 4.47. The molecule has 2 N–H and O–H groups in total. The fraction of sp³-hybridized carbons (Fsp3) is 0.125. The predicted molar refractivity (Wildman–Crippen MR) is 87.7 cm³/mol. The number of nitrogens with one attached hydrogen (secondary N) is 2. The molecular weight excluding hydrogens is 364 g/mol. The Hall–Kier alpha value is -2.54. The SMILES string of the molecule is O=C(CNC(=O)c1ccc(Br)cc1)Nc1ccc2c(c1)OCO2. The van der Waals surface area contributed by atoms with Crippen molar-refractivity contribution < 1.29 is 19.1 Å². The van der Waals surface area contributed by atoms with Crippen molar-refractivity contribution >= 4 is 33.4 Å². The molecule has 2 aromatic rings. The van der Waals surface area contributed by atoms with Crippen LogP contribution in [0, 0.1) is 0 Å². The van der Waals surface area contributed by atoms with Gasteiger partial charge in [-0.3, -0.25) is 9.59 Å². The number of amides is 2. The third-order valence-electron chi connectivity index (χ3n) is 3.17. The fourth-order valence-corrected chi connectivity index (χ4v) is 2.31. The molecule has 0 fully saturated rings. The van der Waals surface area contributed by atoms with Crippen LogP contribution >= 0.6 is 15.9 Å². The Morgan fingerprint density at radius 1 is 1.04 bits per heavy atom. The summed E-state index contributed by atoms with van der Waals surface area (Å²) >= 11 is 3.30. The lowest BCUT2D eigenvalue weighted by Crippen LogP contribution is -2.32. The van der Waals surface area contributed by atoms with E-state index in [0.717, 1.165) is 4.47 Å². The van der Waals surface area contributed by atoms with E-state index in [-0.39, 0.29) is 25.2 Å². The van der Waals surface area contributed by atoms with Gasteiger partial charge in [-0.2, -0.15) is 0 Å². The van der Waals surface area contributed by atoms with Gasteiger partial charge in [0.15, 0.2) is 11.5 Å². The summed E-state index contributed by atoms with van der Waals surface area (Å²) in [5.74, 6) is 0.598. The van der Waals surface area contributed by atoms with Gasteiger partial charge >= 0.3 is 0 Å². The first kappa shape index (κ1) is 15.4. The van der Waals surface area contributed by atoms with Crippen LogP contribution in [0.4, 0.5) is 5.69 Å². The molecular formula is C16H13BrN2O4. The molecule has 0 spiro atoms. The standard InChI is InChI=1S/C16H13BrN2O4/c17-11-3-1-10(2-4-11)16(21)18-8-15(20)19-12-5-6-13-14(7-12)23-9-22-13/h1-7H,8-9H2,(H,18,21)(H,19,20). The lowest BCUT2D eigenvalue weighted by molar-refractivity contribution is -0.115. The number of carbonyl (C=O) groups excluding carboxylic acids is 2. The van der Waals surface area contributed by atoms with E-state index < -0.39 is 0 Å². The third-order valence-corrected chi connectivity index (χ3v) is 3.70. The number of hydrogen-bond donors (Lipinski definition) is 2. The van der Waals surface area contributed by atoms with E-state index in [0.29, 0.717) is 22.7 Å². The van der Waals surface area contributed by atoms with Gasteiger partial charge in [0.25, 0.3) is 5.91 Å². The summed E-state index contributed by atoms with van der Waals surface area (Å²) in [5, 5.41) is 5.26. The first-order valence-electron chi connectivity index (χ1n) is 6.85. The highest BCUT2D eigenvalue weighted by Crippen LogP contribution is 2.34. The van der Waals surface area contributed by atoms with Gasteiger partial charge in [0.05, 0.1) is 6.54 Å². The Bertz CT molecular complexity index is 746. The summed E-state index contributed by atoms with van der Waals surface area (Å²) in [6.45, 7) is 0.0549. The van der Waals surface area contributed by atoms with Crippen LogP contribution in [0.15, 0.2) is 46.9 Å². The van der Waals surface area contributed by atoms with Gasteiger partial charge in [-0.15, -0.1) is 0 Å². The molecule has 7 heteroatoms. The monoisotopic (exact) mass is 376 g/mol. The van der Waals surface area contributed by atoms with E-state index in [1.54, 1.807) is 42.5 Å². The van der Waals surface area contributed by atoms with E-state index in [1.807, 2.05) is 0 Å². The minimum Gasteiger partial charge on any atom is -0.454 e. The molecule has 0 bridgehead atoms. The normalized spacial score (nSPS) is 11.9. The Morgan fingerprint density at radius 2 is 1.78 bits per heavy atom. The maximum Gasteiger partial charge on any atom is 0.251 e. The predicted octanol–water partition coefficient (Wildman–Crippen LogP) is 2.55. The smallest absolute Gasteiger partial charge is 0.251 e. The van der Waals surface area contributed by atoms with Gasteiger partial charge in [-0.1, -0.05) is 15.9 Å². The molecule has 23 heavy (non-hydrogen) atoms. The summed E-state index contributed by atoms with van der Waals surface area (Å²) in [5.41, 5.74) is 1.07. The van der Waals surface area contributed by atoms with Crippen LogP contribution in [0.2, 0.25) is 0 Å². The van der Waals surface area contributed by atoms with Crippen LogP contribution < -0.4 is 20.1 Å². The van der Waals surface area contributed by atoms with Gasteiger partial charge in [-0.25, -0.2) is 0 Å². The average molecular weight is 377 g/mol. The van der Waals surface area contributed by atoms with Crippen molar-refractivity contribution in [2.75, 3.05) is 18.7 Å². The number of ether oxygens (including phenoxy) is 2. The first-order chi connectivity index (χ1) is 11.1. The molecule has 0 atom stereocenters. The Labute approximate surface area is 140 Å².